The monoisotopic (exact) mass is 401 g/mol. The van der Waals surface area contributed by atoms with Gasteiger partial charge in [0, 0.05) is 11.6 Å². The number of aryl methyl sites for hydroxylation is 2. The topological polar surface area (TPSA) is 12.0 Å². The minimum atomic E-state index is -1.69. The molecule has 1 unspecified atom stereocenters. The lowest BCUT2D eigenvalue weighted by molar-refractivity contribution is 0.412. The van der Waals surface area contributed by atoms with Crippen molar-refractivity contribution in [1.29, 1.82) is 0 Å². The van der Waals surface area contributed by atoms with Gasteiger partial charge in [0.25, 0.3) is 0 Å². The molecular formula is C27H35NSi. The molecule has 0 radical (unpaired) electrons. The lowest BCUT2D eigenvalue weighted by atomic mass is 9.95. The van der Waals surface area contributed by atoms with Crippen LogP contribution in [0.2, 0.25) is 13.1 Å². The number of hydrogen-bond donors (Lipinski definition) is 1. The standard InChI is InChI=1S/C27H35NSi/c1-19-26(20-11-6-4-7-12-20)24-17-21-13-10-14-22(21)18-25(24)27(19)29(2,3)28-23-15-8-5-9-16-23/h4,6-7,11-12,17-18,23,27-28H,5,8-10,13-16H2,1-3H3. The molecule has 5 rings (SSSR count). The zero-order valence-electron chi connectivity index (χ0n) is 18.4. The molecule has 0 saturated heterocycles. The van der Waals surface area contributed by atoms with Crippen LogP contribution in [0.3, 0.4) is 0 Å². The molecular weight excluding hydrogens is 366 g/mol. The highest BCUT2D eigenvalue weighted by Gasteiger charge is 2.43. The van der Waals surface area contributed by atoms with Crippen LogP contribution in [-0.2, 0) is 12.8 Å². The minimum Gasteiger partial charge on any atom is -0.334 e. The van der Waals surface area contributed by atoms with Gasteiger partial charge in [-0.1, -0.05) is 80.4 Å². The number of fused-ring (bicyclic) bond motifs is 2. The summed E-state index contributed by atoms with van der Waals surface area (Å²) in [5.41, 5.74) is 11.5. The second-order valence-electron chi connectivity index (χ2n) is 10.1. The summed E-state index contributed by atoms with van der Waals surface area (Å²) in [6.45, 7) is 7.59. The highest BCUT2D eigenvalue weighted by atomic mass is 28.3. The van der Waals surface area contributed by atoms with Crippen molar-refractivity contribution in [1.82, 2.24) is 4.98 Å². The van der Waals surface area contributed by atoms with E-state index in [-0.39, 0.29) is 0 Å². The number of rotatable bonds is 4. The second-order valence-corrected chi connectivity index (χ2v) is 14.4. The molecule has 0 bridgehead atoms. The van der Waals surface area contributed by atoms with E-state index in [2.05, 4.69) is 67.5 Å². The van der Waals surface area contributed by atoms with Crippen molar-refractivity contribution in [2.24, 2.45) is 0 Å². The van der Waals surface area contributed by atoms with Gasteiger partial charge in [0.15, 0.2) is 0 Å². The molecule has 0 aromatic heterocycles. The zero-order chi connectivity index (χ0) is 20.0. The van der Waals surface area contributed by atoms with Gasteiger partial charge in [-0.2, -0.15) is 0 Å². The van der Waals surface area contributed by atoms with Crippen LogP contribution in [0, 0.1) is 0 Å². The van der Waals surface area contributed by atoms with Gasteiger partial charge in [-0.15, -0.1) is 0 Å². The molecule has 0 spiro atoms. The third-order valence-corrected chi connectivity index (χ3v) is 11.0. The summed E-state index contributed by atoms with van der Waals surface area (Å²) in [5.74, 6) is 0. The molecule has 1 nitrogen and oxygen atoms in total. The van der Waals surface area contributed by atoms with Gasteiger partial charge >= 0.3 is 0 Å². The van der Waals surface area contributed by atoms with E-state index in [0.717, 1.165) is 6.04 Å². The predicted molar refractivity (Wildman–Crippen MR) is 127 cm³/mol. The SMILES string of the molecule is CC1=C(c2ccccc2)c2cc3c(cc2C1[Si](C)(C)NC1CCCCC1)CCC3. The van der Waals surface area contributed by atoms with Crippen LogP contribution in [0.5, 0.6) is 0 Å². The first kappa shape index (κ1) is 19.3. The molecule has 1 atom stereocenters. The Morgan fingerprint density at radius 1 is 0.862 bits per heavy atom. The van der Waals surface area contributed by atoms with Crippen molar-refractivity contribution in [3.05, 3.63) is 75.9 Å². The van der Waals surface area contributed by atoms with Gasteiger partial charge in [-0.25, -0.2) is 0 Å². The number of nitrogens with one attached hydrogen (secondary N) is 1. The Kier molecular flexibility index (Phi) is 5.04. The molecule has 152 valence electrons. The average molecular weight is 402 g/mol. The molecule has 2 heteroatoms. The molecule has 3 aliphatic rings. The lowest BCUT2D eigenvalue weighted by Gasteiger charge is -2.38. The van der Waals surface area contributed by atoms with Crippen LogP contribution < -0.4 is 4.98 Å². The van der Waals surface area contributed by atoms with Crippen LogP contribution in [0.4, 0.5) is 0 Å². The van der Waals surface area contributed by atoms with Gasteiger partial charge in [-0.05, 0) is 72.4 Å². The summed E-state index contributed by atoms with van der Waals surface area (Å²) in [4.78, 5) is 4.25. The van der Waals surface area contributed by atoms with Crippen molar-refractivity contribution < 1.29 is 0 Å². The third-order valence-electron chi connectivity index (χ3n) is 7.64. The van der Waals surface area contributed by atoms with Crippen LogP contribution in [-0.4, -0.2) is 14.3 Å². The molecule has 1 saturated carbocycles. The fourth-order valence-corrected chi connectivity index (χ4v) is 10.2. The smallest absolute Gasteiger partial charge is 0.131 e. The van der Waals surface area contributed by atoms with E-state index in [1.54, 1.807) is 22.3 Å². The van der Waals surface area contributed by atoms with Crippen LogP contribution >= 0.6 is 0 Å². The molecule has 1 fully saturated rings. The van der Waals surface area contributed by atoms with Gasteiger partial charge < -0.3 is 4.98 Å². The molecule has 0 amide bonds. The zero-order valence-corrected chi connectivity index (χ0v) is 19.4. The van der Waals surface area contributed by atoms with E-state index in [9.17, 15) is 0 Å². The quantitative estimate of drug-likeness (QED) is 0.558. The van der Waals surface area contributed by atoms with Gasteiger partial charge in [0.2, 0.25) is 0 Å². The molecule has 1 N–H and O–H groups in total. The van der Waals surface area contributed by atoms with Crippen LogP contribution in [0.25, 0.3) is 5.57 Å². The first-order valence-corrected chi connectivity index (χ1v) is 14.8. The summed E-state index contributed by atoms with van der Waals surface area (Å²) >= 11 is 0. The number of allylic oxidation sites excluding steroid dienone is 1. The highest BCUT2D eigenvalue weighted by molar-refractivity contribution is 6.77. The maximum atomic E-state index is 4.25. The summed E-state index contributed by atoms with van der Waals surface area (Å²) < 4.78 is 0. The predicted octanol–water partition coefficient (Wildman–Crippen LogP) is 6.76. The molecule has 29 heavy (non-hydrogen) atoms. The molecule has 2 aromatic rings. The van der Waals surface area contributed by atoms with Crippen LogP contribution in [0.15, 0.2) is 48.0 Å². The first-order chi connectivity index (χ1) is 14.0. The largest absolute Gasteiger partial charge is 0.334 e. The highest BCUT2D eigenvalue weighted by Crippen LogP contribution is 2.50. The maximum absolute atomic E-state index is 4.25. The van der Waals surface area contributed by atoms with Gasteiger partial charge in [0.05, 0.1) is 0 Å². The van der Waals surface area contributed by atoms with Crippen molar-refractivity contribution >= 4 is 13.8 Å². The molecule has 0 aliphatic heterocycles. The van der Waals surface area contributed by atoms with E-state index in [0.29, 0.717) is 5.54 Å². The number of hydrogen-bond acceptors (Lipinski definition) is 1. The van der Waals surface area contributed by atoms with Crippen molar-refractivity contribution in [2.45, 2.75) is 83.0 Å². The first-order valence-electron chi connectivity index (χ1n) is 11.7. The molecule has 3 aliphatic carbocycles. The van der Waals surface area contributed by atoms with E-state index in [1.807, 2.05) is 0 Å². The van der Waals surface area contributed by atoms with Gasteiger partial charge in [-0.3, -0.25) is 0 Å². The summed E-state index contributed by atoms with van der Waals surface area (Å²) in [7, 11) is -1.69. The Bertz CT molecular complexity index is 935. The fourth-order valence-electron chi connectivity index (χ4n) is 6.46. The third kappa shape index (κ3) is 3.45. The lowest BCUT2D eigenvalue weighted by Crippen LogP contribution is -2.55. The fraction of sp³-hybridized carbons (Fsp3) is 0.481. The van der Waals surface area contributed by atoms with Crippen LogP contribution in [0.1, 0.15) is 78.8 Å². The number of benzene rings is 2. The second kappa shape index (κ2) is 7.56. The van der Waals surface area contributed by atoms with E-state index in [4.69, 9.17) is 0 Å². The summed E-state index contributed by atoms with van der Waals surface area (Å²) in [6.07, 6.45) is 10.8. The average Bonchev–Trinajstić information content (AvgIpc) is 3.28. The Hall–Kier alpha value is -1.64. The Morgan fingerprint density at radius 3 is 2.28 bits per heavy atom. The molecule has 2 aromatic carbocycles. The van der Waals surface area contributed by atoms with Crippen molar-refractivity contribution in [3.63, 3.8) is 0 Å². The minimum absolute atomic E-state index is 0.584. The Morgan fingerprint density at radius 2 is 1.55 bits per heavy atom. The normalized spacial score (nSPS) is 22.1. The Balaban J connectivity index is 1.60. The summed E-state index contributed by atoms with van der Waals surface area (Å²) in [6, 6.07) is 17.0. The van der Waals surface area contributed by atoms with E-state index < -0.39 is 8.24 Å². The van der Waals surface area contributed by atoms with E-state index >= 15 is 0 Å². The van der Waals surface area contributed by atoms with Crippen molar-refractivity contribution in [2.75, 3.05) is 0 Å². The summed E-state index contributed by atoms with van der Waals surface area (Å²) in [5, 5.41) is 0. The van der Waals surface area contributed by atoms with Crippen molar-refractivity contribution in [3.8, 4) is 0 Å². The maximum Gasteiger partial charge on any atom is 0.131 e. The van der Waals surface area contributed by atoms with Gasteiger partial charge in [0.1, 0.15) is 8.24 Å². The molecule has 0 heterocycles. The van der Waals surface area contributed by atoms with E-state index in [1.165, 1.54) is 68.1 Å². The Labute approximate surface area is 177 Å².